The highest BCUT2D eigenvalue weighted by molar-refractivity contribution is 5.98. The molecule has 0 saturated heterocycles. The monoisotopic (exact) mass is 395 g/mol. The summed E-state index contributed by atoms with van der Waals surface area (Å²) in [5, 5.41) is 13.5. The number of nitrogens with one attached hydrogen (secondary N) is 1. The van der Waals surface area contributed by atoms with Crippen LogP contribution in [0.25, 0.3) is 0 Å². The average molecular weight is 395 g/mol. The van der Waals surface area contributed by atoms with Gasteiger partial charge in [-0.25, -0.2) is 4.79 Å². The van der Waals surface area contributed by atoms with E-state index in [1.54, 1.807) is 7.11 Å². The first-order valence-electron chi connectivity index (χ1n) is 9.51. The molecule has 1 amide bonds. The van der Waals surface area contributed by atoms with Gasteiger partial charge in [-0.15, -0.1) is 0 Å². The maximum Gasteiger partial charge on any atom is 0.342 e. The number of amides is 1. The number of anilines is 1. The van der Waals surface area contributed by atoms with Crippen molar-refractivity contribution in [3.8, 4) is 11.5 Å². The second-order valence-electron chi connectivity index (χ2n) is 7.08. The zero-order chi connectivity index (χ0) is 21.0. The van der Waals surface area contributed by atoms with E-state index in [2.05, 4.69) is 5.32 Å². The molecule has 29 heavy (non-hydrogen) atoms. The Morgan fingerprint density at radius 3 is 2.69 bits per heavy atom. The summed E-state index contributed by atoms with van der Waals surface area (Å²) in [6, 6.07) is 9.32. The number of aromatic hydroxyl groups is 1. The van der Waals surface area contributed by atoms with Crippen LogP contribution in [0, 0.1) is 6.92 Å². The predicted octanol–water partition coefficient (Wildman–Crippen LogP) is 4.29. The summed E-state index contributed by atoms with van der Waals surface area (Å²) >= 11 is 0. The van der Waals surface area contributed by atoms with Crippen molar-refractivity contribution in [1.82, 2.24) is 0 Å². The Balaban J connectivity index is 1.69. The summed E-state index contributed by atoms with van der Waals surface area (Å²) in [6.45, 7) is 3.94. The number of carbonyl (C=O) groups excluding carboxylic acids is 2. The molecule has 2 aromatic rings. The van der Waals surface area contributed by atoms with Crippen LogP contribution in [0.5, 0.6) is 11.5 Å². The van der Waals surface area contributed by atoms with Crippen molar-refractivity contribution < 1.29 is 24.2 Å². The molecule has 0 aliphatic carbocycles. The van der Waals surface area contributed by atoms with E-state index in [9.17, 15) is 14.7 Å². The molecule has 1 aliphatic heterocycles. The number of carbonyl (C=O) groups is 2. The number of phenols is 1. The Hall–Kier alpha value is -3.28. The first kappa shape index (κ1) is 20.5. The summed E-state index contributed by atoms with van der Waals surface area (Å²) < 4.78 is 10.6. The third kappa shape index (κ3) is 4.42. The van der Waals surface area contributed by atoms with Crippen molar-refractivity contribution in [3.05, 3.63) is 64.2 Å². The molecule has 0 aromatic heterocycles. The lowest BCUT2D eigenvalue weighted by Crippen LogP contribution is -2.11. The van der Waals surface area contributed by atoms with E-state index in [1.807, 2.05) is 50.3 Å². The quantitative estimate of drug-likeness (QED) is 0.540. The predicted molar refractivity (Wildman–Crippen MR) is 110 cm³/mol. The highest BCUT2D eigenvalue weighted by Gasteiger charge is 2.31. The number of allylic oxidation sites excluding steroid dienone is 2. The van der Waals surface area contributed by atoms with Crippen molar-refractivity contribution >= 4 is 17.6 Å². The average Bonchev–Trinajstić information content (AvgIpc) is 3.11. The molecule has 3 rings (SSSR count). The number of benzene rings is 2. The zero-order valence-electron chi connectivity index (χ0n) is 16.9. The fourth-order valence-electron chi connectivity index (χ4n) is 3.46. The number of esters is 1. The number of ether oxygens (including phenoxy) is 2. The number of rotatable bonds is 7. The number of hydrogen-bond acceptors (Lipinski definition) is 5. The van der Waals surface area contributed by atoms with E-state index in [-0.39, 0.29) is 23.8 Å². The first-order chi connectivity index (χ1) is 13.9. The second kappa shape index (κ2) is 8.82. The Morgan fingerprint density at radius 2 is 2.00 bits per heavy atom. The molecule has 0 radical (unpaired) electrons. The van der Waals surface area contributed by atoms with Crippen LogP contribution in [0.15, 0.2) is 42.0 Å². The van der Waals surface area contributed by atoms with Gasteiger partial charge in [-0.3, -0.25) is 4.79 Å². The van der Waals surface area contributed by atoms with E-state index in [1.165, 1.54) is 0 Å². The molecule has 0 saturated carbocycles. The molecule has 6 heteroatoms. The number of phenolic OH excluding ortho intramolecular Hbond substituents is 1. The van der Waals surface area contributed by atoms with Gasteiger partial charge < -0.3 is 19.9 Å². The first-order valence-corrected chi connectivity index (χ1v) is 9.51. The highest BCUT2D eigenvalue weighted by Crippen LogP contribution is 2.42. The molecule has 0 bridgehead atoms. The van der Waals surface area contributed by atoms with Crippen LogP contribution in [0.4, 0.5) is 5.69 Å². The fourth-order valence-corrected chi connectivity index (χ4v) is 3.46. The summed E-state index contributed by atoms with van der Waals surface area (Å²) in [4.78, 5) is 24.1. The van der Waals surface area contributed by atoms with Crippen LogP contribution in [0.3, 0.4) is 0 Å². The van der Waals surface area contributed by atoms with E-state index in [0.717, 1.165) is 16.8 Å². The Kier molecular flexibility index (Phi) is 6.22. The Labute approximate surface area is 170 Å². The topological polar surface area (TPSA) is 84.9 Å². The number of cyclic esters (lactones) is 1. The van der Waals surface area contributed by atoms with E-state index >= 15 is 0 Å². The van der Waals surface area contributed by atoms with Crippen LogP contribution in [0.2, 0.25) is 0 Å². The van der Waals surface area contributed by atoms with Gasteiger partial charge >= 0.3 is 5.97 Å². The Morgan fingerprint density at radius 1 is 1.28 bits per heavy atom. The van der Waals surface area contributed by atoms with Crippen molar-refractivity contribution in [2.24, 2.45) is 0 Å². The zero-order valence-corrected chi connectivity index (χ0v) is 16.9. The molecule has 1 aliphatic rings. The summed E-state index contributed by atoms with van der Waals surface area (Å²) in [5.74, 6) is -0.0930. The largest absolute Gasteiger partial charge is 0.507 e. The maximum atomic E-state index is 12.1. The SMILES string of the molecule is COc1c(C)c2c(c(O)c1CC=C(C)CCC(=O)Nc1ccccc1)C(=O)OC2. The lowest BCUT2D eigenvalue weighted by molar-refractivity contribution is -0.116. The standard InChI is InChI=1S/C23H25NO5/c1-14(10-12-19(25)24-16-7-5-4-6-8-16)9-11-17-21(26)20-18(13-29-23(20)27)15(2)22(17)28-3/h4-9,26H,10-13H2,1-3H3,(H,24,25). The summed E-state index contributed by atoms with van der Waals surface area (Å²) in [6.07, 6.45) is 3.28. The van der Waals surface area contributed by atoms with Gasteiger partial charge in [0, 0.05) is 23.2 Å². The number of hydrogen-bond donors (Lipinski definition) is 2. The molecule has 0 atom stereocenters. The minimum atomic E-state index is -0.511. The van der Waals surface area contributed by atoms with Crippen LogP contribution in [-0.2, 0) is 22.6 Å². The van der Waals surface area contributed by atoms with E-state index < -0.39 is 5.97 Å². The van der Waals surface area contributed by atoms with Crippen LogP contribution >= 0.6 is 0 Å². The van der Waals surface area contributed by atoms with E-state index in [4.69, 9.17) is 9.47 Å². The smallest absolute Gasteiger partial charge is 0.342 e. The van der Waals surface area contributed by atoms with Gasteiger partial charge in [-0.1, -0.05) is 29.8 Å². The second-order valence-corrected chi connectivity index (χ2v) is 7.08. The van der Waals surface area contributed by atoms with Crippen LogP contribution in [-0.4, -0.2) is 24.1 Å². The number of para-hydroxylation sites is 1. The molecular formula is C23H25NO5. The maximum absolute atomic E-state index is 12.1. The molecule has 0 spiro atoms. The molecule has 0 unspecified atom stereocenters. The third-order valence-electron chi connectivity index (χ3n) is 5.11. The van der Waals surface area contributed by atoms with Gasteiger partial charge in [0.25, 0.3) is 0 Å². The van der Waals surface area contributed by atoms with Gasteiger partial charge in [0.05, 0.1) is 7.11 Å². The van der Waals surface area contributed by atoms with Gasteiger partial charge in [0.1, 0.15) is 23.7 Å². The van der Waals surface area contributed by atoms with Crippen LogP contribution in [0.1, 0.15) is 46.8 Å². The molecule has 0 fully saturated rings. The van der Waals surface area contributed by atoms with Crippen LogP contribution < -0.4 is 10.1 Å². The van der Waals surface area contributed by atoms with Gasteiger partial charge in [0.2, 0.25) is 5.91 Å². The third-order valence-corrected chi connectivity index (χ3v) is 5.11. The molecule has 2 N–H and O–H groups in total. The molecule has 6 nitrogen and oxygen atoms in total. The summed E-state index contributed by atoms with van der Waals surface area (Å²) in [7, 11) is 1.54. The molecule has 1 heterocycles. The van der Waals surface area contributed by atoms with Crippen molar-refractivity contribution in [1.29, 1.82) is 0 Å². The number of methoxy groups -OCH3 is 1. The Bertz CT molecular complexity index is 963. The minimum Gasteiger partial charge on any atom is -0.507 e. The van der Waals surface area contributed by atoms with Crippen molar-refractivity contribution in [3.63, 3.8) is 0 Å². The molecule has 2 aromatic carbocycles. The lowest BCUT2D eigenvalue weighted by atomic mass is 9.94. The van der Waals surface area contributed by atoms with E-state index in [0.29, 0.717) is 36.1 Å². The number of fused-ring (bicyclic) bond motifs is 1. The highest BCUT2D eigenvalue weighted by atomic mass is 16.5. The van der Waals surface area contributed by atoms with Gasteiger partial charge in [-0.05, 0) is 44.4 Å². The van der Waals surface area contributed by atoms with Crippen molar-refractivity contribution in [2.75, 3.05) is 12.4 Å². The molecule has 152 valence electrons. The minimum absolute atomic E-state index is 0.0551. The fraction of sp³-hybridized carbons (Fsp3) is 0.304. The van der Waals surface area contributed by atoms with Gasteiger partial charge in [-0.2, -0.15) is 0 Å². The van der Waals surface area contributed by atoms with Gasteiger partial charge in [0.15, 0.2) is 0 Å². The normalized spacial score (nSPS) is 13.1. The lowest BCUT2D eigenvalue weighted by Gasteiger charge is -2.15. The molecular weight excluding hydrogens is 370 g/mol. The summed E-state index contributed by atoms with van der Waals surface area (Å²) in [5.41, 5.74) is 4.03. The van der Waals surface area contributed by atoms with Crippen molar-refractivity contribution in [2.45, 2.75) is 39.7 Å².